The van der Waals surface area contributed by atoms with Crippen molar-refractivity contribution in [1.82, 2.24) is 5.32 Å². The van der Waals surface area contributed by atoms with Crippen LogP contribution in [0.3, 0.4) is 0 Å². The van der Waals surface area contributed by atoms with Gasteiger partial charge in [-0.05, 0) is 89.1 Å². The van der Waals surface area contributed by atoms with E-state index in [-0.39, 0.29) is 35.5 Å². The maximum absolute atomic E-state index is 10.9. The molecule has 0 radical (unpaired) electrons. The molecule has 4 heteroatoms. The molecule has 1 aliphatic rings. The number of hydrogen-bond donors (Lipinski definition) is 1. The van der Waals surface area contributed by atoms with Gasteiger partial charge in [-0.15, -0.1) is 0 Å². The third kappa shape index (κ3) is 17.6. The first-order valence-corrected chi connectivity index (χ1v) is 12.5. The van der Waals surface area contributed by atoms with Crippen molar-refractivity contribution in [3.8, 4) is 0 Å². The number of unbranched alkanes of at least 4 members (excludes halogenated alkanes) is 9. The van der Waals surface area contributed by atoms with Crippen LogP contribution in [0.4, 0.5) is 0 Å². The van der Waals surface area contributed by atoms with Gasteiger partial charge in [-0.2, -0.15) is 0 Å². The first kappa shape index (κ1) is 29.9. The largest absolute Gasteiger partial charge is 1.00 e. The topological polar surface area (TPSA) is 52.2 Å². The fourth-order valence-corrected chi connectivity index (χ4v) is 4.15. The second-order valence-corrected chi connectivity index (χ2v) is 8.83. The number of rotatable bonds is 18. The van der Waals surface area contributed by atoms with Crippen LogP contribution in [0.2, 0.25) is 0 Å². The number of carbonyl (C=O) groups excluding carboxylic acids is 1. The van der Waals surface area contributed by atoms with Gasteiger partial charge in [-0.1, -0.05) is 69.8 Å². The summed E-state index contributed by atoms with van der Waals surface area (Å²) in [5.74, 6) is -0.383. The Labute approximate surface area is 208 Å². The summed E-state index contributed by atoms with van der Waals surface area (Å²) >= 11 is 0. The van der Waals surface area contributed by atoms with E-state index >= 15 is 0 Å². The minimum Gasteiger partial charge on any atom is -0.550 e. The van der Waals surface area contributed by atoms with E-state index in [0.717, 1.165) is 45.2 Å². The molecule has 0 aromatic rings. The normalized spacial score (nSPS) is 19.4. The van der Waals surface area contributed by atoms with E-state index in [0.29, 0.717) is 5.92 Å². The molecule has 0 amide bonds. The second-order valence-electron chi connectivity index (χ2n) is 8.83. The minimum atomic E-state index is -0.849. The van der Waals surface area contributed by atoms with Crippen LogP contribution in [0.15, 0.2) is 24.3 Å². The van der Waals surface area contributed by atoms with Crippen molar-refractivity contribution >= 4 is 5.97 Å². The summed E-state index contributed by atoms with van der Waals surface area (Å²) < 4.78 is 0. The second kappa shape index (κ2) is 22.1. The molecule has 1 rings (SSSR count). The van der Waals surface area contributed by atoms with Gasteiger partial charge in [0, 0.05) is 5.97 Å². The van der Waals surface area contributed by atoms with Gasteiger partial charge < -0.3 is 15.2 Å². The standard InChI is InChI=1S/C26H47NO2.Na/c1-2-3-4-5-6-7-8-9-10-11-12-13-14-15-16-17-22-27-23-24-18-20-25(21-19-24)26(28)29;/h6-7,9-10,24-25,27H,2-5,8,11-23H2,1H3,(H,28,29);/q;+1/p-1/b7-6-,10-9-;/t24-,25-;. The van der Waals surface area contributed by atoms with Gasteiger partial charge in [0.15, 0.2) is 0 Å². The van der Waals surface area contributed by atoms with Crippen molar-refractivity contribution in [3.63, 3.8) is 0 Å². The van der Waals surface area contributed by atoms with Crippen LogP contribution in [0.5, 0.6) is 0 Å². The molecule has 30 heavy (non-hydrogen) atoms. The summed E-state index contributed by atoms with van der Waals surface area (Å²) in [6, 6.07) is 0. The number of nitrogens with one attached hydrogen (secondary N) is 1. The van der Waals surface area contributed by atoms with E-state index in [1.165, 1.54) is 70.6 Å². The van der Waals surface area contributed by atoms with Crippen molar-refractivity contribution in [1.29, 1.82) is 0 Å². The Morgan fingerprint density at radius 1 is 0.833 bits per heavy atom. The first-order valence-electron chi connectivity index (χ1n) is 12.5. The molecule has 1 fully saturated rings. The molecule has 1 saturated carbocycles. The van der Waals surface area contributed by atoms with Gasteiger partial charge in [0.2, 0.25) is 0 Å². The number of carboxylic acids is 1. The van der Waals surface area contributed by atoms with Crippen LogP contribution in [0.1, 0.15) is 110 Å². The molecule has 0 aliphatic heterocycles. The van der Waals surface area contributed by atoms with Gasteiger partial charge in [0.1, 0.15) is 0 Å². The van der Waals surface area contributed by atoms with E-state index in [2.05, 4.69) is 36.5 Å². The van der Waals surface area contributed by atoms with E-state index in [9.17, 15) is 9.90 Å². The van der Waals surface area contributed by atoms with E-state index in [4.69, 9.17) is 0 Å². The molecule has 3 nitrogen and oxygen atoms in total. The zero-order valence-corrected chi connectivity index (χ0v) is 22.0. The molecular formula is C26H46NNaO2. The molecule has 0 aromatic carbocycles. The quantitative estimate of drug-likeness (QED) is 0.208. The van der Waals surface area contributed by atoms with Crippen LogP contribution in [-0.2, 0) is 4.79 Å². The molecule has 1 N–H and O–H groups in total. The predicted molar refractivity (Wildman–Crippen MR) is 123 cm³/mol. The Kier molecular flexibility index (Phi) is 22.1. The SMILES string of the molecule is CCCCC/C=C\C/C=C\CCCCCCCCNC[C@H]1CC[C@H](C(=O)[O-])CC1.[Na+]. The molecule has 0 unspecified atom stereocenters. The van der Waals surface area contributed by atoms with Crippen molar-refractivity contribution < 1.29 is 39.5 Å². The molecule has 0 heterocycles. The number of aliphatic carboxylic acids is 1. The Balaban J connectivity index is 0.00000841. The van der Waals surface area contributed by atoms with Crippen LogP contribution in [0.25, 0.3) is 0 Å². The van der Waals surface area contributed by atoms with Gasteiger partial charge in [-0.3, -0.25) is 0 Å². The Hall–Kier alpha value is -0.0900. The molecule has 0 spiro atoms. The third-order valence-electron chi connectivity index (χ3n) is 6.17. The summed E-state index contributed by atoms with van der Waals surface area (Å²) in [4.78, 5) is 10.9. The molecule has 1 aliphatic carbocycles. The monoisotopic (exact) mass is 427 g/mol. The summed E-state index contributed by atoms with van der Waals surface area (Å²) in [5.41, 5.74) is 0. The summed E-state index contributed by atoms with van der Waals surface area (Å²) in [6.07, 6.45) is 28.5. The molecule has 0 bridgehead atoms. The van der Waals surface area contributed by atoms with Crippen LogP contribution in [-0.4, -0.2) is 19.1 Å². The van der Waals surface area contributed by atoms with Crippen molar-refractivity contribution in [2.24, 2.45) is 11.8 Å². The van der Waals surface area contributed by atoms with Crippen LogP contribution < -0.4 is 40.0 Å². The zero-order valence-electron chi connectivity index (χ0n) is 20.0. The number of allylic oxidation sites excluding steroid dienone is 4. The molecule has 168 valence electrons. The smallest absolute Gasteiger partial charge is 0.550 e. The average molecular weight is 428 g/mol. The van der Waals surface area contributed by atoms with Gasteiger partial charge >= 0.3 is 29.6 Å². The third-order valence-corrected chi connectivity index (χ3v) is 6.17. The molecule has 0 atom stereocenters. The summed E-state index contributed by atoms with van der Waals surface area (Å²) in [7, 11) is 0. The summed E-state index contributed by atoms with van der Waals surface area (Å²) in [5, 5.41) is 14.4. The first-order chi connectivity index (χ1) is 14.2. The van der Waals surface area contributed by atoms with Crippen LogP contribution in [0, 0.1) is 11.8 Å². The molecule has 0 saturated heterocycles. The number of carbonyl (C=O) groups is 1. The Morgan fingerprint density at radius 3 is 2.00 bits per heavy atom. The maximum Gasteiger partial charge on any atom is 1.00 e. The average Bonchev–Trinajstić information content (AvgIpc) is 2.73. The van der Waals surface area contributed by atoms with Gasteiger partial charge in [-0.25, -0.2) is 0 Å². The van der Waals surface area contributed by atoms with Gasteiger partial charge in [0.25, 0.3) is 0 Å². The Morgan fingerprint density at radius 2 is 1.40 bits per heavy atom. The molecule has 0 aromatic heterocycles. The zero-order chi connectivity index (χ0) is 21.0. The van der Waals surface area contributed by atoms with Crippen molar-refractivity contribution in [3.05, 3.63) is 24.3 Å². The fraction of sp³-hybridized carbons (Fsp3) is 0.808. The number of carboxylic acid groups (broad SMARTS) is 1. The van der Waals surface area contributed by atoms with Gasteiger partial charge in [0.05, 0.1) is 0 Å². The van der Waals surface area contributed by atoms with Crippen molar-refractivity contribution in [2.45, 2.75) is 110 Å². The Bertz CT molecular complexity index is 442. The van der Waals surface area contributed by atoms with Crippen molar-refractivity contribution in [2.75, 3.05) is 13.1 Å². The van der Waals surface area contributed by atoms with E-state index in [1.54, 1.807) is 0 Å². The predicted octanol–water partition coefficient (Wildman–Crippen LogP) is 2.95. The van der Waals surface area contributed by atoms with E-state index in [1.807, 2.05) is 0 Å². The minimum absolute atomic E-state index is 0. The summed E-state index contributed by atoms with van der Waals surface area (Å²) in [6.45, 7) is 4.41. The maximum atomic E-state index is 10.9. The molecular weight excluding hydrogens is 381 g/mol. The fourth-order valence-electron chi connectivity index (χ4n) is 4.15. The van der Waals surface area contributed by atoms with Crippen LogP contribution >= 0.6 is 0 Å². The van der Waals surface area contributed by atoms with E-state index < -0.39 is 5.97 Å². The number of hydrogen-bond acceptors (Lipinski definition) is 3.